The first-order chi connectivity index (χ1) is 14.4. The predicted octanol–water partition coefficient (Wildman–Crippen LogP) is 3.22. The summed E-state index contributed by atoms with van der Waals surface area (Å²) in [6.45, 7) is 5.10. The highest BCUT2D eigenvalue weighted by Gasteiger charge is 2.47. The molecule has 1 saturated heterocycles. The Kier molecular flexibility index (Phi) is 6.74. The van der Waals surface area contributed by atoms with Crippen molar-refractivity contribution in [3.63, 3.8) is 0 Å². The molecule has 30 heavy (non-hydrogen) atoms. The zero-order valence-corrected chi connectivity index (χ0v) is 17.2. The lowest BCUT2D eigenvalue weighted by Crippen LogP contribution is -2.32. The van der Waals surface area contributed by atoms with Crippen molar-refractivity contribution in [2.45, 2.75) is 12.5 Å². The Morgan fingerprint density at radius 1 is 1.27 bits per heavy atom. The summed E-state index contributed by atoms with van der Waals surface area (Å²) in [4.78, 5) is 29.1. The fourth-order valence-electron chi connectivity index (χ4n) is 3.43. The molecule has 0 bridgehead atoms. The quantitative estimate of drug-likeness (QED) is 0.296. The van der Waals surface area contributed by atoms with Gasteiger partial charge in [-0.25, -0.2) is 0 Å². The molecule has 1 aliphatic rings. The van der Waals surface area contributed by atoms with Crippen LogP contribution >= 0.6 is 0 Å². The van der Waals surface area contributed by atoms with Gasteiger partial charge in [0.25, 0.3) is 11.7 Å². The minimum atomic E-state index is -0.765. The maximum Gasteiger partial charge on any atom is 0.295 e. The van der Waals surface area contributed by atoms with E-state index in [0.29, 0.717) is 36.6 Å². The second kappa shape index (κ2) is 9.45. The van der Waals surface area contributed by atoms with Crippen LogP contribution in [0.3, 0.4) is 0 Å². The third-order valence-corrected chi connectivity index (χ3v) is 4.85. The molecule has 0 radical (unpaired) electrons. The van der Waals surface area contributed by atoms with Crippen molar-refractivity contribution in [2.75, 3.05) is 33.8 Å². The summed E-state index contributed by atoms with van der Waals surface area (Å²) in [5, 5.41) is 10.9. The molecule has 2 aromatic rings. The Labute approximate surface area is 175 Å². The van der Waals surface area contributed by atoms with E-state index in [9.17, 15) is 14.7 Å². The molecule has 1 aliphatic heterocycles. The number of benzene rings is 1. The number of carbonyl (C=O) groups is 2. The van der Waals surface area contributed by atoms with Crippen LogP contribution in [0.25, 0.3) is 5.76 Å². The first-order valence-corrected chi connectivity index (χ1v) is 9.74. The lowest BCUT2D eigenvalue weighted by molar-refractivity contribution is -0.140. The Morgan fingerprint density at radius 3 is 2.60 bits per heavy atom. The van der Waals surface area contributed by atoms with Gasteiger partial charge < -0.3 is 24.1 Å². The third kappa shape index (κ3) is 4.46. The van der Waals surface area contributed by atoms with E-state index < -0.39 is 17.7 Å². The summed E-state index contributed by atoms with van der Waals surface area (Å²) in [5.74, 6) is -0.543. The van der Waals surface area contributed by atoms with Gasteiger partial charge in [-0.1, -0.05) is 12.7 Å². The van der Waals surface area contributed by atoms with Crippen LogP contribution in [0.1, 0.15) is 23.8 Å². The molecule has 1 fully saturated rings. The van der Waals surface area contributed by atoms with Crippen molar-refractivity contribution < 1.29 is 23.8 Å². The number of likely N-dealkylation sites (tertiary alicyclic amines) is 1. The number of aliphatic hydroxyl groups is 1. The Morgan fingerprint density at radius 2 is 2.00 bits per heavy atom. The van der Waals surface area contributed by atoms with Crippen molar-refractivity contribution in [2.24, 2.45) is 0 Å². The molecular weight excluding hydrogens is 384 g/mol. The second-order valence-electron chi connectivity index (χ2n) is 7.29. The number of Topliss-reactive ketones (excluding diaryl/α,β-unsaturated/α-hetero) is 1. The van der Waals surface area contributed by atoms with Gasteiger partial charge in [0.15, 0.2) is 0 Å². The van der Waals surface area contributed by atoms with Crippen molar-refractivity contribution in [1.29, 1.82) is 0 Å². The van der Waals surface area contributed by atoms with Crippen LogP contribution in [-0.4, -0.2) is 60.4 Å². The molecule has 0 aliphatic carbocycles. The van der Waals surface area contributed by atoms with Crippen LogP contribution in [0.2, 0.25) is 0 Å². The normalized spacial score (nSPS) is 18.2. The second-order valence-corrected chi connectivity index (χ2v) is 7.29. The van der Waals surface area contributed by atoms with Gasteiger partial charge in [-0.05, 0) is 63.5 Å². The number of furan rings is 1. The first kappa shape index (κ1) is 21.4. The average Bonchev–Trinajstić information content (AvgIpc) is 3.34. The van der Waals surface area contributed by atoms with Gasteiger partial charge in [-0.3, -0.25) is 9.59 Å². The van der Waals surface area contributed by atoms with E-state index in [-0.39, 0.29) is 11.3 Å². The van der Waals surface area contributed by atoms with Crippen LogP contribution < -0.4 is 4.74 Å². The Balaban J connectivity index is 1.96. The highest BCUT2D eigenvalue weighted by Crippen LogP contribution is 2.39. The van der Waals surface area contributed by atoms with Crippen molar-refractivity contribution >= 4 is 17.4 Å². The predicted molar refractivity (Wildman–Crippen MR) is 113 cm³/mol. The number of ether oxygens (including phenoxy) is 1. The number of hydrogen-bond donors (Lipinski definition) is 1. The first-order valence-electron chi connectivity index (χ1n) is 9.74. The summed E-state index contributed by atoms with van der Waals surface area (Å²) < 4.78 is 11.0. The molecule has 1 aromatic heterocycles. The summed E-state index contributed by atoms with van der Waals surface area (Å²) in [5.41, 5.74) is 0.448. The van der Waals surface area contributed by atoms with Crippen molar-refractivity contribution in [1.82, 2.24) is 9.80 Å². The van der Waals surface area contributed by atoms with Crippen LogP contribution in [0.4, 0.5) is 0 Å². The Bertz CT molecular complexity index is 929. The number of nitrogens with zero attached hydrogens (tertiary/aromatic N) is 2. The fourth-order valence-corrected chi connectivity index (χ4v) is 3.43. The van der Waals surface area contributed by atoms with E-state index in [4.69, 9.17) is 9.15 Å². The minimum absolute atomic E-state index is 0.0274. The van der Waals surface area contributed by atoms with E-state index in [2.05, 4.69) is 6.58 Å². The number of ketones is 1. The van der Waals surface area contributed by atoms with E-state index in [1.807, 2.05) is 19.0 Å². The van der Waals surface area contributed by atoms with E-state index in [1.165, 1.54) is 11.2 Å². The van der Waals surface area contributed by atoms with Gasteiger partial charge in [0.1, 0.15) is 29.9 Å². The van der Waals surface area contributed by atoms with Crippen LogP contribution in [-0.2, 0) is 9.59 Å². The molecule has 0 spiro atoms. The smallest absolute Gasteiger partial charge is 0.295 e. The number of aliphatic hydroxyl groups excluding tert-OH is 1. The maximum absolute atomic E-state index is 12.8. The molecule has 1 N–H and O–H groups in total. The molecular formula is C23H26N2O5. The van der Waals surface area contributed by atoms with E-state index in [0.717, 1.165) is 6.54 Å². The summed E-state index contributed by atoms with van der Waals surface area (Å²) in [7, 11) is 3.89. The van der Waals surface area contributed by atoms with Crippen LogP contribution in [0.15, 0.2) is 65.3 Å². The van der Waals surface area contributed by atoms with Gasteiger partial charge in [-0.15, -0.1) is 0 Å². The van der Waals surface area contributed by atoms with Gasteiger partial charge in [0.2, 0.25) is 0 Å². The zero-order chi connectivity index (χ0) is 21.7. The lowest BCUT2D eigenvalue weighted by atomic mass is 9.99. The van der Waals surface area contributed by atoms with Gasteiger partial charge in [-0.2, -0.15) is 0 Å². The summed E-state index contributed by atoms with van der Waals surface area (Å²) in [6.07, 6.45) is 3.81. The molecule has 7 heteroatoms. The number of carbonyl (C=O) groups excluding carboxylic acids is 2. The summed E-state index contributed by atoms with van der Waals surface area (Å²) >= 11 is 0. The van der Waals surface area contributed by atoms with Crippen molar-refractivity contribution in [3.05, 3.63) is 72.2 Å². The molecule has 0 saturated carbocycles. The zero-order valence-electron chi connectivity index (χ0n) is 17.2. The van der Waals surface area contributed by atoms with Crippen LogP contribution in [0, 0.1) is 0 Å². The number of rotatable bonds is 9. The molecule has 2 heterocycles. The molecule has 3 rings (SSSR count). The molecule has 1 atom stereocenters. The fraction of sp³-hybridized carbons (Fsp3) is 0.304. The number of hydrogen-bond acceptors (Lipinski definition) is 6. The van der Waals surface area contributed by atoms with Crippen LogP contribution in [0.5, 0.6) is 5.75 Å². The van der Waals surface area contributed by atoms with Gasteiger partial charge >= 0.3 is 0 Å². The molecule has 7 nitrogen and oxygen atoms in total. The topological polar surface area (TPSA) is 83.2 Å². The highest BCUT2D eigenvalue weighted by atomic mass is 16.5. The molecule has 158 valence electrons. The molecule has 1 aromatic carbocycles. The maximum atomic E-state index is 12.8. The number of amides is 1. The molecule has 1 amide bonds. The van der Waals surface area contributed by atoms with Gasteiger partial charge in [0, 0.05) is 12.1 Å². The van der Waals surface area contributed by atoms with Crippen molar-refractivity contribution in [3.8, 4) is 5.75 Å². The average molecular weight is 410 g/mol. The third-order valence-electron chi connectivity index (χ3n) is 4.85. The largest absolute Gasteiger partial charge is 0.507 e. The monoisotopic (exact) mass is 410 g/mol. The SMILES string of the molecule is C=CCOc1ccc(/C(O)=C2\C(=O)C(=O)N(CCCN(C)C)[C@H]2c2ccco2)cc1. The summed E-state index contributed by atoms with van der Waals surface area (Å²) in [6, 6.07) is 9.30. The standard InChI is InChI=1S/C23H26N2O5/c1-4-14-29-17-10-8-16(9-11-17)21(26)19-20(18-7-5-15-30-18)25(23(28)22(19)27)13-6-12-24(2)3/h4-5,7-11,15,20,26H,1,6,12-14H2,2-3H3/b21-19+/t20-/m0/s1. The van der Waals surface area contributed by atoms with Gasteiger partial charge in [0.05, 0.1) is 11.8 Å². The molecule has 0 unspecified atom stereocenters. The minimum Gasteiger partial charge on any atom is -0.507 e. The van der Waals surface area contributed by atoms with E-state index >= 15 is 0 Å². The lowest BCUT2D eigenvalue weighted by Gasteiger charge is -2.24. The Hall–Kier alpha value is -3.32. The highest BCUT2D eigenvalue weighted by molar-refractivity contribution is 6.46. The van der Waals surface area contributed by atoms with E-state index in [1.54, 1.807) is 42.5 Å².